The van der Waals surface area contributed by atoms with Crippen LogP contribution < -0.4 is 0 Å². The summed E-state index contributed by atoms with van der Waals surface area (Å²) in [5, 5.41) is 11.9. The molecule has 0 N–H and O–H groups in total. The molecule has 0 radical (unpaired) electrons. The maximum absolute atomic E-state index is 10.8. The van der Waals surface area contributed by atoms with Crippen LogP contribution in [0.4, 0.5) is 5.69 Å². The number of rotatable bonds is 5. The summed E-state index contributed by atoms with van der Waals surface area (Å²) >= 11 is 1.78. The third-order valence-electron chi connectivity index (χ3n) is 5.18. The first kappa shape index (κ1) is 18.0. The van der Waals surface area contributed by atoms with Gasteiger partial charge in [-0.1, -0.05) is 24.3 Å². The number of nitro benzene ring substituents is 1. The molecule has 1 aliphatic rings. The van der Waals surface area contributed by atoms with Gasteiger partial charge in [-0.05, 0) is 24.6 Å². The smallest absolute Gasteiger partial charge is 0.269 e. The number of non-ortho nitro benzene ring substituents is 1. The maximum atomic E-state index is 10.8. The molecule has 7 heteroatoms. The van der Waals surface area contributed by atoms with E-state index >= 15 is 0 Å². The number of thiazole rings is 1. The summed E-state index contributed by atoms with van der Waals surface area (Å²) in [5.74, 6) is 0. The van der Waals surface area contributed by atoms with E-state index in [0.29, 0.717) is 6.04 Å². The Morgan fingerprint density at radius 1 is 1.11 bits per heavy atom. The maximum Gasteiger partial charge on any atom is 0.269 e. The third-order valence-corrected chi connectivity index (χ3v) is 6.38. The summed E-state index contributed by atoms with van der Waals surface area (Å²) in [6.07, 6.45) is 0. The molecule has 2 heterocycles. The molecular weight excluding hydrogens is 360 g/mol. The standard InChI is InChI=1S/C20H22N4O2S/c1-15(20-21-18-4-2-3-5-19(18)27-20)23-12-10-22(11-13-23)14-16-6-8-17(9-7-16)24(25)26/h2-9,15H,10-14H2,1H3/t15-/m1/s1. The first-order valence-electron chi connectivity index (χ1n) is 9.15. The number of para-hydroxylation sites is 1. The molecule has 0 unspecified atom stereocenters. The molecular formula is C20H22N4O2S. The zero-order valence-electron chi connectivity index (χ0n) is 15.2. The fourth-order valence-corrected chi connectivity index (χ4v) is 4.57. The molecule has 1 aliphatic heterocycles. The molecule has 0 aliphatic carbocycles. The van der Waals surface area contributed by atoms with Crippen LogP contribution in [0.3, 0.4) is 0 Å². The number of benzene rings is 2. The van der Waals surface area contributed by atoms with Crippen molar-refractivity contribution in [1.29, 1.82) is 0 Å². The van der Waals surface area contributed by atoms with Crippen molar-refractivity contribution in [3.8, 4) is 0 Å². The minimum absolute atomic E-state index is 0.147. The second-order valence-corrected chi connectivity index (χ2v) is 7.99. The Balaban J connectivity index is 1.34. The van der Waals surface area contributed by atoms with Crippen LogP contribution in [0.1, 0.15) is 23.5 Å². The Labute approximate surface area is 162 Å². The van der Waals surface area contributed by atoms with Gasteiger partial charge in [0.15, 0.2) is 0 Å². The predicted octanol–water partition coefficient (Wildman–Crippen LogP) is 4.08. The fourth-order valence-electron chi connectivity index (χ4n) is 3.51. The van der Waals surface area contributed by atoms with E-state index in [0.717, 1.165) is 43.8 Å². The predicted molar refractivity (Wildman–Crippen MR) is 108 cm³/mol. The SMILES string of the molecule is C[C@H](c1nc2ccccc2s1)N1CCN(Cc2ccc([N+](=O)[O-])cc2)CC1. The van der Waals surface area contributed by atoms with Gasteiger partial charge in [0.2, 0.25) is 0 Å². The third kappa shape index (κ3) is 4.00. The van der Waals surface area contributed by atoms with E-state index in [1.54, 1.807) is 23.5 Å². The van der Waals surface area contributed by atoms with Crippen molar-refractivity contribution in [3.63, 3.8) is 0 Å². The van der Waals surface area contributed by atoms with Crippen molar-refractivity contribution in [2.45, 2.75) is 19.5 Å². The van der Waals surface area contributed by atoms with Crippen LogP contribution in [0, 0.1) is 10.1 Å². The second-order valence-electron chi connectivity index (χ2n) is 6.93. The first-order chi connectivity index (χ1) is 13.1. The highest BCUT2D eigenvalue weighted by Crippen LogP contribution is 2.30. The highest BCUT2D eigenvalue weighted by Gasteiger charge is 2.24. The van der Waals surface area contributed by atoms with Gasteiger partial charge in [0, 0.05) is 44.9 Å². The molecule has 1 aromatic heterocycles. The van der Waals surface area contributed by atoms with Gasteiger partial charge in [0.05, 0.1) is 21.2 Å². The summed E-state index contributed by atoms with van der Waals surface area (Å²) < 4.78 is 1.25. The van der Waals surface area contributed by atoms with E-state index in [9.17, 15) is 10.1 Å². The van der Waals surface area contributed by atoms with Crippen molar-refractivity contribution in [1.82, 2.24) is 14.8 Å². The zero-order chi connectivity index (χ0) is 18.8. The quantitative estimate of drug-likeness (QED) is 0.491. The van der Waals surface area contributed by atoms with Crippen LogP contribution in [0.25, 0.3) is 10.2 Å². The van der Waals surface area contributed by atoms with Crippen LogP contribution in [-0.2, 0) is 6.54 Å². The van der Waals surface area contributed by atoms with E-state index in [4.69, 9.17) is 4.98 Å². The molecule has 3 aromatic rings. The Kier molecular flexibility index (Phi) is 5.15. The molecule has 0 bridgehead atoms. The Bertz CT molecular complexity index is 900. The van der Waals surface area contributed by atoms with Crippen LogP contribution in [-0.4, -0.2) is 45.9 Å². The number of fused-ring (bicyclic) bond motifs is 1. The Morgan fingerprint density at radius 2 is 1.81 bits per heavy atom. The highest BCUT2D eigenvalue weighted by molar-refractivity contribution is 7.18. The van der Waals surface area contributed by atoms with E-state index in [-0.39, 0.29) is 10.6 Å². The molecule has 0 amide bonds. The van der Waals surface area contributed by atoms with Gasteiger partial charge in [0.25, 0.3) is 5.69 Å². The van der Waals surface area contributed by atoms with Gasteiger partial charge in [0.1, 0.15) is 5.01 Å². The van der Waals surface area contributed by atoms with Gasteiger partial charge >= 0.3 is 0 Å². The van der Waals surface area contributed by atoms with Gasteiger partial charge in [-0.25, -0.2) is 4.98 Å². The summed E-state index contributed by atoms with van der Waals surface area (Å²) in [4.78, 5) is 20.1. The molecule has 140 valence electrons. The average Bonchev–Trinajstić information content (AvgIpc) is 3.13. The van der Waals surface area contributed by atoms with E-state index in [1.165, 1.54) is 9.71 Å². The van der Waals surface area contributed by atoms with Crippen molar-refractivity contribution >= 4 is 27.2 Å². The van der Waals surface area contributed by atoms with Crippen molar-refractivity contribution in [2.75, 3.05) is 26.2 Å². The summed E-state index contributed by atoms with van der Waals surface area (Å²) in [7, 11) is 0. The molecule has 2 aromatic carbocycles. The minimum Gasteiger partial charge on any atom is -0.297 e. The Morgan fingerprint density at radius 3 is 2.48 bits per heavy atom. The lowest BCUT2D eigenvalue weighted by Crippen LogP contribution is -2.46. The van der Waals surface area contributed by atoms with E-state index < -0.39 is 0 Å². The number of aromatic nitrogens is 1. The van der Waals surface area contributed by atoms with Gasteiger partial charge in [-0.3, -0.25) is 19.9 Å². The van der Waals surface area contributed by atoms with Crippen LogP contribution in [0.15, 0.2) is 48.5 Å². The summed E-state index contributed by atoms with van der Waals surface area (Å²) in [5.41, 5.74) is 2.35. The molecule has 6 nitrogen and oxygen atoms in total. The number of piperazine rings is 1. The fraction of sp³-hybridized carbons (Fsp3) is 0.350. The van der Waals surface area contributed by atoms with Crippen molar-refractivity contribution < 1.29 is 4.92 Å². The number of hydrogen-bond donors (Lipinski definition) is 0. The van der Waals surface area contributed by atoms with Crippen molar-refractivity contribution in [3.05, 3.63) is 69.2 Å². The second kappa shape index (κ2) is 7.72. The molecule has 0 spiro atoms. The summed E-state index contributed by atoms with van der Waals surface area (Å²) in [6, 6.07) is 15.5. The number of hydrogen-bond acceptors (Lipinski definition) is 6. The van der Waals surface area contributed by atoms with Gasteiger partial charge in [-0.2, -0.15) is 0 Å². The topological polar surface area (TPSA) is 62.5 Å². The molecule has 1 saturated heterocycles. The molecule has 1 fully saturated rings. The Hall–Kier alpha value is -2.35. The minimum atomic E-state index is -0.355. The van der Waals surface area contributed by atoms with E-state index in [2.05, 4.69) is 34.9 Å². The molecule has 1 atom stereocenters. The van der Waals surface area contributed by atoms with Crippen LogP contribution in [0.2, 0.25) is 0 Å². The summed E-state index contributed by atoms with van der Waals surface area (Å²) in [6.45, 7) is 7.07. The molecule has 27 heavy (non-hydrogen) atoms. The number of nitrogens with zero attached hydrogens (tertiary/aromatic N) is 4. The average molecular weight is 382 g/mol. The lowest BCUT2D eigenvalue weighted by Gasteiger charge is -2.37. The largest absolute Gasteiger partial charge is 0.297 e. The molecule has 4 rings (SSSR count). The van der Waals surface area contributed by atoms with Crippen LogP contribution >= 0.6 is 11.3 Å². The van der Waals surface area contributed by atoms with E-state index in [1.807, 2.05) is 18.2 Å². The van der Waals surface area contributed by atoms with Gasteiger partial charge < -0.3 is 0 Å². The molecule has 0 saturated carbocycles. The normalized spacial score (nSPS) is 17.2. The number of nitro groups is 1. The van der Waals surface area contributed by atoms with Crippen LogP contribution in [0.5, 0.6) is 0 Å². The lowest BCUT2D eigenvalue weighted by atomic mass is 10.1. The monoisotopic (exact) mass is 382 g/mol. The lowest BCUT2D eigenvalue weighted by molar-refractivity contribution is -0.384. The highest BCUT2D eigenvalue weighted by atomic mass is 32.1. The van der Waals surface area contributed by atoms with Gasteiger partial charge in [-0.15, -0.1) is 11.3 Å². The first-order valence-corrected chi connectivity index (χ1v) is 9.97. The zero-order valence-corrected chi connectivity index (χ0v) is 16.1. The van der Waals surface area contributed by atoms with Crippen molar-refractivity contribution in [2.24, 2.45) is 0 Å².